The SMILES string of the molecule is CCOC(=O)C(c1cc(C#N)cc(C#N)c1)C1CCC(=O)C1.CCOC(=O)Cc1cc(C#N)cc(C#N)c1. The molecule has 0 aromatic heterocycles. The van der Waals surface area contributed by atoms with E-state index in [1.807, 2.05) is 24.3 Å². The number of esters is 2. The highest BCUT2D eigenvalue weighted by Gasteiger charge is 2.36. The molecule has 0 spiro atoms. The molecule has 0 N–H and O–H groups in total. The van der Waals surface area contributed by atoms with Crippen LogP contribution in [-0.2, 0) is 30.3 Å². The molecule has 1 saturated carbocycles. The molecule has 2 unspecified atom stereocenters. The van der Waals surface area contributed by atoms with Gasteiger partial charge >= 0.3 is 11.9 Å². The molecule has 192 valence electrons. The van der Waals surface area contributed by atoms with E-state index in [-0.39, 0.29) is 30.7 Å². The Morgan fingerprint density at radius 3 is 1.76 bits per heavy atom. The fourth-order valence-corrected chi connectivity index (χ4v) is 4.22. The largest absolute Gasteiger partial charge is 0.466 e. The number of nitrogens with zero attached hydrogens (tertiary/aromatic N) is 4. The number of carbonyl (C=O) groups excluding carboxylic acids is 3. The summed E-state index contributed by atoms with van der Waals surface area (Å²) in [4.78, 5) is 35.1. The first-order valence-electron chi connectivity index (χ1n) is 12.0. The molecule has 0 aliphatic heterocycles. The van der Waals surface area contributed by atoms with E-state index in [1.54, 1.807) is 38.1 Å². The summed E-state index contributed by atoms with van der Waals surface area (Å²) in [5, 5.41) is 35.7. The molecule has 0 radical (unpaired) electrons. The van der Waals surface area contributed by atoms with Gasteiger partial charge in [-0.2, -0.15) is 21.0 Å². The Bertz CT molecular complexity index is 1310. The van der Waals surface area contributed by atoms with Gasteiger partial charge in [-0.25, -0.2) is 0 Å². The third kappa shape index (κ3) is 8.30. The molecule has 38 heavy (non-hydrogen) atoms. The van der Waals surface area contributed by atoms with Gasteiger partial charge in [-0.15, -0.1) is 0 Å². The van der Waals surface area contributed by atoms with Crippen molar-refractivity contribution < 1.29 is 23.9 Å². The topological polar surface area (TPSA) is 165 Å². The maximum absolute atomic E-state index is 12.3. The highest BCUT2D eigenvalue weighted by Crippen LogP contribution is 2.37. The van der Waals surface area contributed by atoms with E-state index in [4.69, 9.17) is 30.5 Å². The molecule has 9 nitrogen and oxygen atoms in total. The van der Waals surface area contributed by atoms with Crippen LogP contribution in [0.2, 0.25) is 0 Å². The van der Waals surface area contributed by atoms with Gasteiger partial charge in [0.15, 0.2) is 0 Å². The van der Waals surface area contributed by atoms with Crippen molar-refractivity contribution in [2.24, 2.45) is 5.92 Å². The van der Waals surface area contributed by atoms with Gasteiger partial charge in [0, 0.05) is 12.8 Å². The molecule has 1 aliphatic carbocycles. The van der Waals surface area contributed by atoms with Gasteiger partial charge in [-0.05, 0) is 73.7 Å². The first-order chi connectivity index (χ1) is 18.3. The molecule has 1 aliphatic rings. The number of carbonyl (C=O) groups is 3. The number of hydrogen-bond donors (Lipinski definition) is 0. The van der Waals surface area contributed by atoms with Gasteiger partial charge in [0.2, 0.25) is 0 Å². The van der Waals surface area contributed by atoms with E-state index in [2.05, 4.69) is 0 Å². The van der Waals surface area contributed by atoms with Gasteiger partial charge < -0.3 is 9.47 Å². The summed E-state index contributed by atoms with van der Waals surface area (Å²) in [5.41, 5.74) is 2.60. The Morgan fingerprint density at radius 1 is 0.842 bits per heavy atom. The second kappa shape index (κ2) is 14.5. The van der Waals surface area contributed by atoms with Crippen LogP contribution in [0.4, 0.5) is 0 Å². The van der Waals surface area contributed by atoms with Gasteiger partial charge in [0.05, 0.1) is 72.1 Å². The lowest BCUT2D eigenvalue weighted by Gasteiger charge is -2.22. The third-order valence-corrected chi connectivity index (χ3v) is 5.77. The van der Waals surface area contributed by atoms with E-state index in [0.717, 1.165) is 0 Å². The standard InChI is InChI=1S/C17H16N2O3.C12H10N2O2/c1-2-22-17(21)16(13-3-4-15(20)8-13)14-6-11(9-18)5-12(7-14)10-19;1-2-16-12(15)6-9-3-10(7-13)5-11(4-9)8-14/h5-7,13,16H,2-4,8H2,1H3;3-5H,2,6H2,1H3. The predicted octanol–water partition coefficient (Wildman–Crippen LogP) is 3.98. The van der Waals surface area contributed by atoms with Crippen molar-refractivity contribution in [1.29, 1.82) is 21.0 Å². The van der Waals surface area contributed by atoms with Gasteiger partial charge in [-0.1, -0.05) is 0 Å². The summed E-state index contributed by atoms with van der Waals surface area (Å²) in [7, 11) is 0. The normalized spacial score (nSPS) is 14.4. The summed E-state index contributed by atoms with van der Waals surface area (Å²) in [5.74, 6) is -1.36. The molecular formula is C29H26N4O5. The van der Waals surface area contributed by atoms with Crippen molar-refractivity contribution in [1.82, 2.24) is 0 Å². The average molecular weight is 511 g/mol. The fourth-order valence-electron chi connectivity index (χ4n) is 4.22. The number of ether oxygens (including phenoxy) is 2. The fraction of sp³-hybridized carbons (Fsp3) is 0.345. The third-order valence-electron chi connectivity index (χ3n) is 5.77. The second-order valence-corrected chi connectivity index (χ2v) is 8.46. The molecule has 2 atom stereocenters. The molecule has 3 rings (SSSR count). The molecule has 9 heteroatoms. The Hall–Kier alpha value is -4.99. The monoisotopic (exact) mass is 510 g/mol. The summed E-state index contributed by atoms with van der Waals surface area (Å²) in [6.45, 7) is 4.02. The Balaban J connectivity index is 0.000000281. The molecule has 2 aromatic carbocycles. The maximum Gasteiger partial charge on any atom is 0.313 e. The predicted molar refractivity (Wildman–Crippen MR) is 134 cm³/mol. The van der Waals surface area contributed by atoms with E-state index in [9.17, 15) is 14.4 Å². The molecule has 2 aromatic rings. The van der Waals surface area contributed by atoms with E-state index >= 15 is 0 Å². The van der Waals surface area contributed by atoms with Crippen LogP contribution in [0, 0.1) is 51.2 Å². The Labute approximate surface area is 221 Å². The number of rotatable bonds is 7. The minimum absolute atomic E-state index is 0.0814. The zero-order valence-corrected chi connectivity index (χ0v) is 21.2. The van der Waals surface area contributed by atoms with Crippen molar-refractivity contribution in [2.75, 3.05) is 13.2 Å². The van der Waals surface area contributed by atoms with Crippen molar-refractivity contribution >= 4 is 17.7 Å². The van der Waals surface area contributed by atoms with Crippen LogP contribution in [0.5, 0.6) is 0 Å². The number of Topliss-reactive ketones (excluding diaryl/α,β-unsaturated/α-hetero) is 1. The maximum atomic E-state index is 12.3. The lowest BCUT2D eigenvalue weighted by Crippen LogP contribution is -2.23. The van der Waals surface area contributed by atoms with Crippen LogP contribution >= 0.6 is 0 Å². The number of benzene rings is 2. The highest BCUT2D eigenvalue weighted by molar-refractivity contribution is 5.84. The van der Waals surface area contributed by atoms with Crippen LogP contribution in [0.1, 0.15) is 72.4 Å². The van der Waals surface area contributed by atoms with Gasteiger partial charge in [-0.3, -0.25) is 14.4 Å². The van der Waals surface area contributed by atoms with Crippen molar-refractivity contribution in [2.45, 2.75) is 45.4 Å². The quantitative estimate of drug-likeness (QED) is 0.501. The molecule has 1 fully saturated rings. The van der Waals surface area contributed by atoms with Gasteiger partial charge in [0.25, 0.3) is 0 Å². The first kappa shape index (κ1) is 29.2. The van der Waals surface area contributed by atoms with Crippen molar-refractivity contribution in [3.8, 4) is 24.3 Å². The minimum atomic E-state index is -0.605. The van der Waals surface area contributed by atoms with Crippen LogP contribution in [0.25, 0.3) is 0 Å². The van der Waals surface area contributed by atoms with Crippen LogP contribution in [-0.4, -0.2) is 30.9 Å². The van der Waals surface area contributed by atoms with E-state index < -0.39 is 11.9 Å². The highest BCUT2D eigenvalue weighted by atomic mass is 16.5. The van der Waals surface area contributed by atoms with E-state index in [1.165, 1.54) is 12.1 Å². The number of ketones is 1. The summed E-state index contributed by atoms with van der Waals surface area (Å²) in [6, 6.07) is 17.2. The number of nitriles is 4. The molecule has 0 heterocycles. The first-order valence-corrected chi connectivity index (χ1v) is 12.0. The van der Waals surface area contributed by atoms with Gasteiger partial charge in [0.1, 0.15) is 5.78 Å². The Morgan fingerprint density at radius 2 is 1.34 bits per heavy atom. The molecule has 0 amide bonds. The van der Waals surface area contributed by atoms with Crippen molar-refractivity contribution in [3.63, 3.8) is 0 Å². The minimum Gasteiger partial charge on any atom is -0.466 e. The van der Waals surface area contributed by atoms with Crippen molar-refractivity contribution in [3.05, 3.63) is 69.8 Å². The summed E-state index contributed by atoms with van der Waals surface area (Å²) in [6.07, 6.45) is 1.50. The summed E-state index contributed by atoms with van der Waals surface area (Å²) >= 11 is 0. The lowest BCUT2D eigenvalue weighted by molar-refractivity contribution is -0.146. The van der Waals surface area contributed by atoms with Crippen LogP contribution < -0.4 is 0 Å². The zero-order chi connectivity index (χ0) is 28.1. The zero-order valence-electron chi connectivity index (χ0n) is 21.2. The average Bonchev–Trinajstić information content (AvgIpc) is 3.34. The van der Waals surface area contributed by atoms with Crippen LogP contribution in [0.3, 0.4) is 0 Å². The smallest absolute Gasteiger partial charge is 0.313 e. The van der Waals surface area contributed by atoms with Crippen LogP contribution in [0.15, 0.2) is 36.4 Å². The molecule has 0 bridgehead atoms. The molecule has 0 saturated heterocycles. The second-order valence-electron chi connectivity index (χ2n) is 8.46. The summed E-state index contributed by atoms with van der Waals surface area (Å²) < 4.78 is 9.93. The molecular weight excluding hydrogens is 484 g/mol. The lowest BCUT2D eigenvalue weighted by atomic mass is 9.83. The van der Waals surface area contributed by atoms with E-state index in [0.29, 0.717) is 59.3 Å². The number of hydrogen-bond acceptors (Lipinski definition) is 9. The Kier molecular flexibility index (Phi) is 11.2.